The Kier molecular flexibility index (Phi) is 5.41. The number of rotatable bonds is 4. The van der Waals surface area contributed by atoms with Gasteiger partial charge in [-0.3, -0.25) is 4.79 Å². The number of ether oxygens (including phenoxy) is 1. The Morgan fingerprint density at radius 2 is 2.28 bits per heavy atom. The first-order chi connectivity index (χ1) is 8.18. The predicted molar refractivity (Wildman–Crippen MR) is 69.9 cm³/mol. The quantitative estimate of drug-likeness (QED) is 0.855. The van der Waals surface area contributed by atoms with Crippen LogP contribution in [0.4, 0.5) is 4.39 Å². The summed E-state index contributed by atoms with van der Waals surface area (Å²) >= 11 is 0. The second-order valence-corrected chi connectivity index (χ2v) is 4.19. The SMILES string of the molecule is CC(=O)NCCCc1c(F)ccc2c1CCO2.Cl. The van der Waals surface area contributed by atoms with Gasteiger partial charge in [0, 0.05) is 25.5 Å². The summed E-state index contributed by atoms with van der Waals surface area (Å²) in [6, 6.07) is 3.15. The van der Waals surface area contributed by atoms with Crippen LogP contribution in [0.3, 0.4) is 0 Å². The van der Waals surface area contributed by atoms with Gasteiger partial charge in [-0.25, -0.2) is 4.39 Å². The van der Waals surface area contributed by atoms with Crippen LogP contribution < -0.4 is 10.1 Å². The van der Waals surface area contributed by atoms with Gasteiger partial charge in [0.15, 0.2) is 0 Å². The molecule has 1 N–H and O–H groups in total. The molecule has 5 heteroatoms. The zero-order chi connectivity index (χ0) is 12.3. The van der Waals surface area contributed by atoms with Gasteiger partial charge in [0.05, 0.1) is 6.61 Å². The molecule has 0 spiro atoms. The Morgan fingerprint density at radius 3 is 3.00 bits per heavy atom. The first-order valence-corrected chi connectivity index (χ1v) is 5.86. The van der Waals surface area contributed by atoms with Crippen LogP contribution in [0.25, 0.3) is 0 Å². The summed E-state index contributed by atoms with van der Waals surface area (Å²) in [6.07, 6.45) is 2.16. The Hall–Kier alpha value is -1.29. The lowest BCUT2D eigenvalue weighted by molar-refractivity contribution is -0.118. The van der Waals surface area contributed by atoms with Gasteiger partial charge in [-0.05, 0) is 30.5 Å². The molecular weight excluding hydrogens is 257 g/mol. The normalized spacial score (nSPS) is 12.3. The van der Waals surface area contributed by atoms with E-state index in [0.29, 0.717) is 19.6 Å². The Bertz CT molecular complexity index is 437. The molecule has 1 aromatic rings. The number of carbonyl (C=O) groups excluding carboxylic acids is 1. The molecule has 2 rings (SSSR count). The largest absolute Gasteiger partial charge is 0.493 e. The molecular formula is C13H17ClFNO2. The van der Waals surface area contributed by atoms with Gasteiger partial charge in [0.2, 0.25) is 5.91 Å². The third kappa shape index (κ3) is 3.35. The minimum atomic E-state index is -0.169. The predicted octanol–water partition coefficient (Wildman–Crippen LogP) is 2.25. The standard InChI is InChI=1S/C13H16FNO2.ClH/c1-9(16)15-7-2-3-10-11-6-8-17-13(11)5-4-12(10)14;/h4-5H,2-3,6-8H2,1H3,(H,15,16);1H. The highest BCUT2D eigenvalue weighted by Gasteiger charge is 2.18. The van der Waals surface area contributed by atoms with E-state index in [1.165, 1.54) is 13.0 Å². The minimum Gasteiger partial charge on any atom is -0.493 e. The Labute approximate surface area is 112 Å². The van der Waals surface area contributed by atoms with Crippen LogP contribution in [0.15, 0.2) is 12.1 Å². The maximum Gasteiger partial charge on any atom is 0.216 e. The van der Waals surface area contributed by atoms with Crippen LogP contribution in [0.1, 0.15) is 24.5 Å². The van der Waals surface area contributed by atoms with Crippen molar-refractivity contribution in [2.24, 2.45) is 0 Å². The molecule has 0 atom stereocenters. The molecule has 0 aliphatic carbocycles. The van der Waals surface area contributed by atoms with E-state index in [1.54, 1.807) is 6.07 Å². The summed E-state index contributed by atoms with van der Waals surface area (Å²) in [7, 11) is 0. The van der Waals surface area contributed by atoms with E-state index in [-0.39, 0.29) is 24.1 Å². The molecule has 0 fully saturated rings. The van der Waals surface area contributed by atoms with Crippen molar-refractivity contribution in [3.05, 3.63) is 29.1 Å². The molecule has 1 heterocycles. The molecule has 0 unspecified atom stereocenters. The third-order valence-corrected chi connectivity index (χ3v) is 2.92. The summed E-state index contributed by atoms with van der Waals surface area (Å²) in [6.45, 7) is 2.70. The maximum absolute atomic E-state index is 13.7. The molecule has 1 aromatic carbocycles. The van der Waals surface area contributed by atoms with Crippen LogP contribution in [0, 0.1) is 5.82 Å². The van der Waals surface area contributed by atoms with E-state index in [2.05, 4.69) is 5.32 Å². The van der Waals surface area contributed by atoms with Crippen molar-refractivity contribution in [1.29, 1.82) is 0 Å². The Balaban J connectivity index is 0.00000162. The highest BCUT2D eigenvalue weighted by molar-refractivity contribution is 5.85. The van der Waals surface area contributed by atoms with Gasteiger partial charge in [-0.15, -0.1) is 12.4 Å². The van der Waals surface area contributed by atoms with Crippen LogP contribution in [-0.4, -0.2) is 19.1 Å². The van der Waals surface area contributed by atoms with Crippen molar-refractivity contribution in [2.75, 3.05) is 13.2 Å². The average molecular weight is 274 g/mol. The molecule has 0 saturated carbocycles. The zero-order valence-corrected chi connectivity index (χ0v) is 11.1. The van der Waals surface area contributed by atoms with E-state index in [9.17, 15) is 9.18 Å². The number of hydrogen-bond acceptors (Lipinski definition) is 2. The van der Waals surface area contributed by atoms with E-state index >= 15 is 0 Å². The van der Waals surface area contributed by atoms with Crippen molar-refractivity contribution in [3.63, 3.8) is 0 Å². The highest BCUT2D eigenvalue weighted by Crippen LogP contribution is 2.30. The van der Waals surface area contributed by atoms with Gasteiger partial charge in [0.25, 0.3) is 0 Å². The minimum absolute atomic E-state index is 0. The third-order valence-electron chi connectivity index (χ3n) is 2.92. The summed E-state index contributed by atoms with van der Waals surface area (Å²) in [5, 5.41) is 2.71. The van der Waals surface area contributed by atoms with Crippen molar-refractivity contribution in [2.45, 2.75) is 26.2 Å². The molecule has 18 heavy (non-hydrogen) atoms. The molecule has 0 aromatic heterocycles. The second-order valence-electron chi connectivity index (χ2n) is 4.19. The number of amides is 1. The fourth-order valence-electron chi connectivity index (χ4n) is 2.12. The van der Waals surface area contributed by atoms with Crippen molar-refractivity contribution in [1.82, 2.24) is 5.32 Å². The molecule has 1 aliphatic rings. The van der Waals surface area contributed by atoms with Gasteiger partial charge in [-0.1, -0.05) is 0 Å². The number of hydrogen-bond donors (Lipinski definition) is 1. The topological polar surface area (TPSA) is 38.3 Å². The monoisotopic (exact) mass is 273 g/mol. The van der Waals surface area contributed by atoms with Gasteiger partial charge in [0.1, 0.15) is 11.6 Å². The summed E-state index contributed by atoms with van der Waals surface area (Å²) in [4.78, 5) is 10.7. The molecule has 3 nitrogen and oxygen atoms in total. The van der Waals surface area contributed by atoms with E-state index < -0.39 is 0 Å². The lowest BCUT2D eigenvalue weighted by Crippen LogP contribution is -2.21. The first kappa shape index (κ1) is 14.8. The lowest BCUT2D eigenvalue weighted by atomic mass is 10.00. The number of benzene rings is 1. The number of halogens is 2. The molecule has 1 aliphatic heterocycles. The maximum atomic E-state index is 13.7. The number of fused-ring (bicyclic) bond motifs is 1. The fourth-order valence-corrected chi connectivity index (χ4v) is 2.12. The zero-order valence-electron chi connectivity index (χ0n) is 10.3. The molecule has 0 bridgehead atoms. The molecule has 0 saturated heterocycles. The Morgan fingerprint density at radius 1 is 1.50 bits per heavy atom. The lowest BCUT2D eigenvalue weighted by Gasteiger charge is -2.08. The van der Waals surface area contributed by atoms with Crippen LogP contribution in [0.2, 0.25) is 0 Å². The van der Waals surface area contributed by atoms with Crippen LogP contribution in [-0.2, 0) is 17.6 Å². The van der Waals surface area contributed by atoms with Gasteiger partial charge >= 0.3 is 0 Å². The van der Waals surface area contributed by atoms with Gasteiger partial charge < -0.3 is 10.1 Å². The summed E-state index contributed by atoms with van der Waals surface area (Å²) in [5.74, 6) is 0.588. The smallest absolute Gasteiger partial charge is 0.216 e. The first-order valence-electron chi connectivity index (χ1n) is 5.86. The van der Waals surface area contributed by atoms with Crippen LogP contribution in [0.5, 0.6) is 5.75 Å². The van der Waals surface area contributed by atoms with Crippen molar-refractivity contribution >= 4 is 18.3 Å². The van der Waals surface area contributed by atoms with E-state index in [0.717, 1.165) is 29.7 Å². The van der Waals surface area contributed by atoms with Crippen molar-refractivity contribution < 1.29 is 13.9 Å². The van der Waals surface area contributed by atoms with E-state index in [1.807, 2.05) is 0 Å². The molecule has 100 valence electrons. The summed E-state index contributed by atoms with van der Waals surface area (Å²) < 4.78 is 19.1. The average Bonchev–Trinajstić information content (AvgIpc) is 2.74. The van der Waals surface area contributed by atoms with Crippen molar-refractivity contribution in [3.8, 4) is 5.75 Å². The fraction of sp³-hybridized carbons (Fsp3) is 0.462. The highest BCUT2D eigenvalue weighted by atomic mass is 35.5. The summed E-state index contributed by atoms with van der Waals surface area (Å²) in [5.41, 5.74) is 1.73. The van der Waals surface area contributed by atoms with Crippen LogP contribution >= 0.6 is 12.4 Å². The van der Waals surface area contributed by atoms with E-state index in [4.69, 9.17) is 4.74 Å². The molecule has 1 amide bonds. The number of carbonyl (C=O) groups is 1. The second kappa shape index (κ2) is 6.59. The van der Waals surface area contributed by atoms with Gasteiger partial charge in [-0.2, -0.15) is 0 Å². The number of nitrogens with one attached hydrogen (secondary N) is 1. The molecule has 0 radical (unpaired) electrons.